The van der Waals surface area contributed by atoms with Gasteiger partial charge in [-0.25, -0.2) is 0 Å². The summed E-state index contributed by atoms with van der Waals surface area (Å²) in [6.07, 6.45) is 7.43. The SMILES string of the molecule is CCCCCCC(CC)C1CC(=O)NC1=O. The Hall–Kier alpha value is -0.860. The molecule has 2 amide bonds. The van der Waals surface area contributed by atoms with Crippen molar-refractivity contribution in [1.29, 1.82) is 0 Å². The van der Waals surface area contributed by atoms with Crippen LogP contribution in [0.25, 0.3) is 0 Å². The second kappa shape index (κ2) is 6.66. The van der Waals surface area contributed by atoms with Gasteiger partial charge in [0, 0.05) is 12.3 Å². The van der Waals surface area contributed by atoms with Crippen molar-refractivity contribution in [3.05, 3.63) is 0 Å². The van der Waals surface area contributed by atoms with Crippen LogP contribution >= 0.6 is 0 Å². The lowest BCUT2D eigenvalue weighted by Crippen LogP contribution is -2.26. The van der Waals surface area contributed by atoms with Crippen molar-refractivity contribution in [2.45, 2.75) is 58.8 Å². The molecule has 1 aliphatic rings. The van der Waals surface area contributed by atoms with E-state index in [-0.39, 0.29) is 17.7 Å². The molecule has 2 unspecified atom stereocenters. The van der Waals surface area contributed by atoms with E-state index in [1.165, 1.54) is 25.7 Å². The summed E-state index contributed by atoms with van der Waals surface area (Å²) in [5, 5.41) is 2.41. The summed E-state index contributed by atoms with van der Waals surface area (Å²) < 4.78 is 0. The number of carbonyl (C=O) groups is 2. The van der Waals surface area contributed by atoms with Gasteiger partial charge in [-0.1, -0.05) is 46.0 Å². The Morgan fingerprint density at radius 1 is 1.25 bits per heavy atom. The van der Waals surface area contributed by atoms with Crippen LogP contribution < -0.4 is 5.32 Å². The van der Waals surface area contributed by atoms with Crippen molar-refractivity contribution >= 4 is 11.8 Å². The number of imide groups is 1. The van der Waals surface area contributed by atoms with Crippen LogP contribution in [-0.4, -0.2) is 11.8 Å². The summed E-state index contributed by atoms with van der Waals surface area (Å²) in [5.41, 5.74) is 0. The lowest BCUT2D eigenvalue weighted by Gasteiger charge is -2.18. The molecule has 3 heteroatoms. The number of hydrogen-bond donors (Lipinski definition) is 1. The summed E-state index contributed by atoms with van der Waals surface area (Å²) in [4.78, 5) is 22.7. The first-order valence-electron chi connectivity index (χ1n) is 6.52. The van der Waals surface area contributed by atoms with Gasteiger partial charge in [0.25, 0.3) is 0 Å². The number of carbonyl (C=O) groups excluding carboxylic acids is 2. The quantitative estimate of drug-likeness (QED) is 0.535. The molecule has 0 spiro atoms. The van der Waals surface area contributed by atoms with Gasteiger partial charge in [0.15, 0.2) is 0 Å². The van der Waals surface area contributed by atoms with Crippen molar-refractivity contribution in [2.75, 3.05) is 0 Å². The van der Waals surface area contributed by atoms with E-state index in [4.69, 9.17) is 0 Å². The normalized spacial score (nSPS) is 22.2. The minimum atomic E-state index is -0.0954. The van der Waals surface area contributed by atoms with Gasteiger partial charge < -0.3 is 0 Å². The van der Waals surface area contributed by atoms with E-state index in [0.717, 1.165) is 12.8 Å². The van der Waals surface area contributed by atoms with Gasteiger partial charge in [0.2, 0.25) is 11.8 Å². The predicted octanol–water partition coefficient (Wildman–Crippen LogP) is 2.65. The standard InChI is InChI=1S/C13H23NO2/c1-3-5-6-7-8-10(4-2)11-9-12(15)14-13(11)16/h10-11H,3-9H2,1-2H3,(H,14,15,16). The molecule has 3 nitrogen and oxygen atoms in total. The zero-order valence-electron chi connectivity index (χ0n) is 10.4. The molecule has 0 saturated carbocycles. The molecule has 0 aromatic heterocycles. The van der Waals surface area contributed by atoms with Crippen LogP contribution in [0.2, 0.25) is 0 Å². The first kappa shape index (κ1) is 13.2. The molecule has 1 rings (SSSR count). The number of nitrogens with one attached hydrogen (secondary N) is 1. The van der Waals surface area contributed by atoms with E-state index in [1.54, 1.807) is 0 Å². The topological polar surface area (TPSA) is 46.2 Å². The summed E-state index contributed by atoms with van der Waals surface area (Å²) in [6.45, 7) is 4.31. The van der Waals surface area contributed by atoms with Crippen LogP contribution in [0.4, 0.5) is 0 Å². The molecule has 1 N–H and O–H groups in total. The Morgan fingerprint density at radius 2 is 2.00 bits per heavy atom. The van der Waals surface area contributed by atoms with E-state index < -0.39 is 0 Å². The molecule has 1 heterocycles. The fraction of sp³-hybridized carbons (Fsp3) is 0.846. The Balaban J connectivity index is 2.35. The van der Waals surface area contributed by atoms with E-state index in [9.17, 15) is 9.59 Å². The Morgan fingerprint density at radius 3 is 2.50 bits per heavy atom. The van der Waals surface area contributed by atoms with E-state index >= 15 is 0 Å². The lowest BCUT2D eigenvalue weighted by molar-refractivity contribution is -0.126. The first-order chi connectivity index (χ1) is 7.69. The van der Waals surface area contributed by atoms with Crippen LogP contribution in [0.15, 0.2) is 0 Å². The van der Waals surface area contributed by atoms with Gasteiger partial charge >= 0.3 is 0 Å². The third-order valence-corrected chi connectivity index (χ3v) is 3.53. The molecule has 2 atom stereocenters. The molecular weight excluding hydrogens is 202 g/mol. The lowest BCUT2D eigenvalue weighted by atomic mass is 9.84. The molecule has 1 aliphatic heterocycles. The average molecular weight is 225 g/mol. The van der Waals surface area contributed by atoms with Gasteiger partial charge in [-0.15, -0.1) is 0 Å². The smallest absolute Gasteiger partial charge is 0.230 e. The van der Waals surface area contributed by atoms with Crippen molar-refractivity contribution in [2.24, 2.45) is 11.8 Å². The Labute approximate surface area is 98.0 Å². The number of amides is 2. The second-order valence-corrected chi connectivity index (χ2v) is 4.74. The molecule has 0 radical (unpaired) electrons. The average Bonchev–Trinajstić information content (AvgIpc) is 2.58. The highest BCUT2D eigenvalue weighted by Crippen LogP contribution is 2.28. The monoisotopic (exact) mass is 225 g/mol. The minimum absolute atomic E-state index is 0.0488. The van der Waals surface area contributed by atoms with Crippen LogP contribution in [0, 0.1) is 11.8 Å². The highest BCUT2D eigenvalue weighted by atomic mass is 16.2. The fourth-order valence-corrected chi connectivity index (χ4v) is 2.48. The minimum Gasteiger partial charge on any atom is -0.296 e. The maximum atomic E-state index is 11.5. The molecule has 0 aromatic carbocycles. The summed E-state index contributed by atoms with van der Waals surface area (Å²) in [5.74, 6) is 0.191. The summed E-state index contributed by atoms with van der Waals surface area (Å²) in [7, 11) is 0. The molecule has 0 aliphatic carbocycles. The highest BCUT2D eigenvalue weighted by molar-refractivity contribution is 6.03. The maximum Gasteiger partial charge on any atom is 0.230 e. The summed E-state index contributed by atoms with van der Waals surface area (Å²) in [6, 6.07) is 0. The van der Waals surface area contributed by atoms with Gasteiger partial charge in [0.1, 0.15) is 0 Å². The Kier molecular flexibility index (Phi) is 5.50. The molecular formula is C13H23NO2. The highest BCUT2D eigenvalue weighted by Gasteiger charge is 2.35. The van der Waals surface area contributed by atoms with Crippen LogP contribution in [-0.2, 0) is 9.59 Å². The van der Waals surface area contributed by atoms with E-state index in [0.29, 0.717) is 12.3 Å². The van der Waals surface area contributed by atoms with Gasteiger partial charge in [0.05, 0.1) is 0 Å². The largest absolute Gasteiger partial charge is 0.296 e. The fourth-order valence-electron chi connectivity index (χ4n) is 2.48. The number of hydrogen-bond acceptors (Lipinski definition) is 2. The van der Waals surface area contributed by atoms with E-state index in [1.807, 2.05) is 0 Å². The van der Waals surface area contributed by atoms with Crippen molar-refractivity contribution in [3.63, 3.8) is 0 Å². The van der Waals surface area contributed by atoms with E-state index in [2.05, 4.69) is 19.2 Å². The zero-order chi connectivity index (χ0) is 12.0. The van der Waals surface area contributed by atoms with Crippen LogP contribution in [0.5, 0.6) is 0 Å². The third kappa shape index (κ3) is 3.62. The van der Waals surface area contributed by atoms with Crippen molar-refractivity contribution in [3.8, 4) is 0 Å². The number of rotatable bonds is 7. The Bertz CT molecular complexity index is 250. The van der Waals surface area contributed by atoms with Gasteiger partial charge in [-0.2, -0.15) is 0 Å². The molecule has 1 fully saturated rings. The van der Waals surface area contributed by atoms with Crippen LogP contribution in [0.3, 0.4) is 0 Å². The molecule has 1 saturated heterocycles. The summed E-state index contributed by atoms with van der Waals surface area (Å²) >= 11 is 0. The van der Waals surface area contributed by atoms with Gasteiger partial charge in [-0.3, -0.25) is 14.9 Å². The maximum absolute atomic E-state index is 11.5. The van der Waals surface area contributed by atoms with Crippen molar-refractivity contribution in [1.82, 2.24) is 5.32 Å². The molecule has 0 bridgehead atoms. The predicted molar refractivity (Wildman–Crippen MR) is 63.8 cm³/mol. The van der Waals surface area contributed by atoms with Gasteiger partial charge in [-0.05, 0) is 12.3 Å². The first-order valence-corrected chi connectivity index (χ1v) is 6.52. The third-order valence-electron chi connectivity index (χ3n) is 3.53. The molecule has 0 aromatic rings. The van der Waals surface area contributed by atoms with Crippen LogP contribution in [0.1, 0.15) is 58.8 Å². The van der Waals surface area contributed by atoms with Crippen molar-refractivity contribution < 1.29 is 9.59 Å². The molecule has 16 heavy (non-hydrogen) atoms. The number of unbranched alkanes of at least 4 members (excludes halogenated alkanes) is 3. The second-order valence-electron chi connectivity index (χ2n) is 4.74. The zero-order valence-corrected chi connectivity index (χ0v) is 10.4. The molecule has 92 valence electrons.